The number of halogens is 1. The first kappa shape index (κ1) is 13.2. The standard InChI is InChI=1S/C15H17NO.ClH/c16-15(7-10-1-2-10)13-4-3-12-9-14(17)6-5-11(12)8-13;/h3-6,8-10,15,17H,1-2,7,16H2;1H/t15-;/m1./s1. The summed E-state index contributed by atoms with van der Waals surface area (Å²) >= 11 is 0. The quantitative estimate of drug-likeness (QED) is 0.886. The zero-order valence-electron chi connectivity index (χ0n) is 10.2. The molecule has 3 heteroatoms. The highest BCUT2D eigenvalue weighted by molar-refractivity contribution is 5.85. The molecule has 0 radical (unpaired) electrons. The molecule has 2 nitrogen and oxygen atoms in total. The van der Waals surface area contributed by atoms with E-state index < -0.39 is 0 Å². The summed E-state index contributed by atoms with van der Waals surface area (Å²) in [4.78, 5) is 0. The van der Waals surface area contributed by atoms with Crippen molar-refractivity contribution in [1.82, 2.24) is 0 Å². The van der Waals surface area contributed by atoms with Gasteiger partial charge in [0.15, 0.2) is 0 Å². The van der Waals surface area contributed by atoms with Crippen molar-refractivity contribution in [3.05, 3.63) is 42.0 Å². The third-order valence-electron chi connectivity index (χ3n) is 3.56. The fourth-order valence-corrected chi connectivity index (χ4v) is 2.33. The molecule has 0 bridgehead atoms. The lowest BCUT2D eigenvalue weighted by molar-refractivity contribution is 0.476. The molecule has 0 unspecified atom stereocenters. The minimum absolute atomic E-state index is 0. The van der Waals surface area contributed by atoms with Crippen molar-refractivity contribution in [2.45, 2.75) is 25.3 Å². The van der Waals surface area contributed by atoms with Gasteiger partial charge < -0.3 is 10.8 Å². The molecule has 96 valence electrons. The van der Waals surface area contributed by atoms with Gasteiger partial charge in [-0.2, -0.15) is 0 Å². The molecule has 0 spiro atoms. The molecule has 0 amide bonds. The normalized spacial score (nSPS) is 16.3. The Morgan fingerprint density at radius 3 is 2.50 bits per heavy atom. The van der Waals surface area contributed by atoms with Crippen molar-refractivity contribution in [3.63, 3.8) is 0 Å². The zero-order valence-corrected chi connectivity index (χ0v) is 11.0. The van der Waals surface area contributed by atoms with Crippen LogP contribution >= 0.6 is 12.4 Å². The molecular formula is C15H18ClNO. The summed E-state index contributed by atoms with van der Waals surface area (Å²) in [6.45, 7) is 0. The number of nitrogens with two attached hydrogens (primary N) is 1. The van der Waals surface area contributed by atoms with Gasteiger partial charge >= 0.3 is 0 Å². The summed E-state index contributed by atoms with van der Waals surface area (Å²) in [5.74, 6) is 1.16. The highest BCUT2D eigenvalue weighted by Gasteiger charge is 2.24. The van der Waals surface area contributed by atoms with E-state index >= 15 is 0 Å². The van der Waals surface area contributed by atoms with Crippen LogP contribution in [0.1, 0.15) is 30.9 Å². The van der Waals surface area contributed by atoms with Gasteiger partial charge in [0, 0.05) is 6.04 Å². The summed E-state index contributed by atoms with van der Waals surface area (Å²) in [7, 11) is 0. The van der Waals surface area contributed by atoms with Crippen molar-refractivity contribution in [3.8, 4) is 5.75 Å². The number of benzene rings is 2. The highest BCUT2D eigenvalue weighted by Crippen LogP contribution is 2.37. The molecule has 0 saturated heterocycles. The molecule has 0 aliphatic heterocycles. The highest BCUT2D eigenvalue weighted by atomic mass is 35.5. The van der Waals surface area contributed by atoms with E-state index in [1.165, 1.54) is 18.4 Å². The zero-order chi connectivity index (χ0) is 11.8. The van der Waals surface area contributed by atoms with Crippen LogP contribution in [0.3, 0.4) is 0 Å². The second-order valence-electron chi connectivity index (χ2n) is 5.08. The number of hydrogen-bond donors (Lipinski definition) is 2. The molecule has 1 atom stereocenters. The minimum atomic E-state index is 0. The van der Waals surface area contributed by atoms with Crippen LogP contribution in [-0.4, -0.2) is 5.11 Å². The Bertz CT molecular complexity index is 551. The van der Waals surface area contributed by atoms with Gasteiger partial charge in [0.1, 0.15) is 5.75 Å². The average Bonchev–Trinajstić information content (AvgIpc) is 3.12. The van der Waals surface area contributed by atoms with E-state index in [-0.39, 0.29) is 18.4 Å². The Morgan fingerprint density at radius 1 is 1.11 bits per heavy atom. The maximum Gasteiger partial charge on any atom is 0.116 e. The molecule has 2 aromatic carbocycles. The molecule has 18 heavy (non-hydrogen) atoms. The third kappa shape index (κ3) is 2.77. The second-order valence-corrected chi connectivity index (χ2v) is 5.08. The average molecular weight is 264 g/mol. The summed E-state index contributed by atoms with van der Waals surface area (Å²) in [5, 5.41) is 11.6. The maximum atomic E-state index is 9.41. The van der Waals surface area contributed by atoms with E-state index in [0.29, 0.717) is 5.75 Å². The van der Waals surface area contributed by atoms with E-state index in [0.717, 1.165) is 23.1 Å². The van der Waals surface area contributed by atoms with E-state index in [4.69, 9.17) is 5.73 Å². The molecule has 3 rings (SSSR count). The number of phenols is 1. The Labute approximate surface area is 113 Å². The lowest BCUT2D eigenvalue weighted by Crippen LogP contribution is -2.10. The van der Waals surface area contributed by atoms with Crippen LogP contribution in [0, 0.1) is 5.92 Å². The molecular weight excluding hydrogens is 246 g/mol. The first-order valence-corrected chi connectivity index (χ1v) is 6.20. The monoisotopic (exact) mass is 263 g/mol. The number of fused-ring (bicyclic) bond motifs is 1. The molecule has 0 heterocycles. The maximum absolute atomic E-state index is 9.41. The Morgan fingerprint density at radius 2 is 1.78 bits per heavy atom. The van der Waals surface area contributed by atoms with Crippen LogP contribution in [0.25, 0.3) is 10.8 Å². The van der Waals surface area contributed by atoms with Gasteiger partial charge in [-0.3, -0.25) is 0 Å². The Balaban J connectivity index is 0.00000120. The van der Waals surface area contributed by atoms with Gasteiger partial charge in [0.05, 0.1) is 0 Å². The fraction of sp³-hybridized carbons (Fsp3) is 0.333. The summed E-state index contributed by atoms with van der Waals surface area (Å²) < 4.78 is 0. The predicted molar refractivity (Wildman–Crippen MR) is 77.1 cm³/mol. The molecule has 2 aromatic rings. The molecule has 1 aliphatic carbocycles. The van der Waals surface area contributed by atoms with Gasteiger partial charge in [-0.1, -0.05) is 31.0 Å². The van der Waals surface area contributed by atoms with Crippen molar-refractivity contribution >= 4 is 23.2 Å². The minimum Gasteiger partial charge on any atom is -0.508 e. The van der Waals surface area contributed by atoms with E-state index in [2.05, 4.69) is 12.1 Å². The molecule has 1 saturated carbocycles. The van der Waals surface area contributed by atoms with Crippen LogP contribution in [0.15, 0.2) is 36.4 Å². The van der Waals surface area contributed by atoms with Gasteiger partial charge in [0.2, 0.25) is 0 Å². The first-order chi connectivity index (χ1) is 8.22. The van der Waals surface area contributed by atoms with Crippen molar-refractivity contribution in [2.24, 2.45) is 11.7 Å². The van der Waals surface area contributed by atoms with Crippen LogP contribution in [0.5, 0.6) is 5.75 Å². The molecule has 0 aromatic heterocycles. The number of hydrogen-bond acceptors (Lipinski definition) is 2. The van der Waals surface area contributed by atoms with Crippen LogP contribution < -0.4 is 5.73 Å². The second kappa shape index (κ2) is 5.17. The Kier molecular flexibility index (Phi) is 3.79. The van der Waals surface area contributed by atoms with Gasteiger partial charge in [-0.15, -0.1) is 12.4 Å². The van der Waals surface area contributed by atoms with Crippen molar-refractivity contribution in [1.29, 1.82) is 0 Å². The summed E-state index contributed by atoms with van der Waals surface area (Å²) in [6, 6.07) is 11.9. The molecule has 3 N–H and O–H groups in total. The number of phenolic OH excluding ortho intramolecular Hbond substituents is 1. The molecule has 1 fully saturated rings. The lowest BCUT2D eigenvalue weighted by atomic mass is 9.99. The number of aromatic hydroxyl groups is 1. The fourth-order valence-electron chi connectivity index (χ4n) is 2.33. The van der Waals surface area contributed by atoms with Crippen LogP contribution in [0.4, 0.5) is 0 Å². The Hall–Kier alpha value is -1.25. The van der Waals surface area contributed by atoms with Crippen LogP contribution in [-0.2, 0) is 0 Å². The number of rotatable bonds is 3. The third-order valence-corrected chi connectivity index (χ3v) is 3.56. The molecule has 1 aliphatic rings. The summed E-state index contributed by atoms with van der Waals surface area (Å²) in [5.41, 5.74) is 7.41. The van der Waals surface area contributed by atoms with Crippen molar-refractivity contribution in [2.75, 3.05) is 0 Å². The lowest BCUT2D eigenvalue weighted by Gasteiger charge is -2.12. The van der Waals surface area contributed by atoms with Gasteiger partial charge in [0.25, 0.3) is 0 Å². The van der Waals surface area contributed by atoms with Crippen LogP contribution in [0.2, 0.25) is 0 Å². The van der Waals surface area contributed by atoms with Gasteiger partial charge in [-0.25, -0.2) is 0 Å². The topological polar surface area (TPSA) is 46.2 Å². The van der Waals surface area contributed by atoms with E-state index in [1.54, 1.807) is 12.1 Å². The smallest absolute Gasteiger partial charge is 0.116 e. The van der Waals surface area contributed by atoms with E-state index in [1.807, 2.05) is 12.1 Å². The SMILES string of the molecule is Cl.N[C@H](CC1CC1)c1ccc2cc(O)ccc2c1. The predicted octanol–water partition coefficient (Wildman–Crippen LogP) is 3.77. The van der Waals surface area contributed by atoms with E-state index in [9.17, 15) is 5.11 Å². The van der Waals surface area contributed by atoms with Crippen molar-refractivity contribution < 1.29 is 5.11 Å². The summed E-state index contributed by atoms with van der Waals surface area (Å²) in [6.07, 6.45) is 3.79. The largest absolute Gasteiger partial charge is 0.508 e. The van der Waals surface area contributed by atoms with Gasteiger partial charge in [-0.05, 0) is 46.9 Å². The first-order valence-electron chi connectivity index (χ1n) is 6.20.